The molecule has 1 unspecified atom stereocenters. The molecule has 13 aromatic rings. The van der Waals surface area contributed by atoms with Crippen molar-refractivity contribution in [1.29, 1.82) is 0 Å². The average molecular weight is 913 g/mol. The minimum atomic E-state index is 0.208. The van der Waals surface area contributed by atoms with Gasteiger partial charge in [-0.15, -0.1) is 0 Å². The minimum absolute atomic E-state index is 0.208. The summed E-state index contributed by atoms with van der Waals surface area (Å²) in [6, 6.07) is 93.3. The van der Waals surface area contributed by atoms with E-state index in [1.165, 1.54) is 65.5 Å². The molecule has 0 aliphatic rings. The Morgan fingerprint density at radius 2 is 0.857 bits per heavy atom. The van der Waals surface area contributed by atoms with Gasteiger partial charge in [0, 0.05) is 50.0 Å². The third kappa shape index (κ3) is 7.09. The zero-order valence-corrected chi connectivity index (χ0v) is 39.7. The van der Waals surface area contributed by atoms with E-state index in [0.29, 0.717) is 0 Å². The van der Waals surface area contributed by atoms with Crippen LogP contribution >= 0.6 is 9.24 Å². The predicted octanol–water partition coefficient (Wildman–Crippen LogP) is 18.7. The average Bonchev–Trinajstić information content (AvgIpc) is 3.94. The molecule has 0 fully saturated rings. The Labute approximate surface area is 410 Å². The first-order valence-electron chi connectivity index (χ1n) is 24.1. The van der Waals surface area contributed by atoms with Crippen molar-refractivity contribution in [2.75, 3.05) is 4.90 Å². The first kappa shape index (κ1) is 41.7. The number of aromatic nitrogens is 2. The lowest BCUT2D eigenvalue weighted by molar-refractivity contribution is 1.10. The van der Waals surface area contributed by atoms with Crippen molar-refractivity contribution >= 4 is 80.7 Å². The van der Waals surface area contributed by atoms with Gasteiger partial charge in [-0.2, -0.15) is 5.66 Å². The molecule has 0 N–H and O–H groups in total. The van der Waals surface area contributed by atoms with E-state index >= 15 is 0 Å². The van der Waals surface area contributed by atoms with E-state index in [0.717, 1.165) is 56.3 Å². The van der Waals surface area contributed by atoms with E-state index in [9.17, 15) is 0 Å². The molecule has 1 atom stereocenters. The van der Waals surface area contributed by atoms with Crippen LogP contribution in [0.4, 0.5) is 17.1 Å². The van der Waals surface area contributed by atoms with Crippen LogP contribution in [-0.4, -0.2) is 9.13 Å². The normalized spacial score (nSPS) is 12.1. The largest absolute Gasteiger partial charge is 0.550 e. The first-order valence-corrected chi connectivity index (χ1v) is 24.6. The van der Waals surface area contributed by atoms with Gasteiger partial charge in [-0.25, -0.2) is 0 Å². The van der Waals surface area contributed by atoms with Gasteiger partial charge in [0.05, 0.1) is 22.1 Å². The molecule has 0 radical (unpaired) electrons. The zero-order chi connectivity index (χ0) is 46.7. The van der Waals surface area contributed by atoms with E-state index in [-0.39, 0.29) is 5.66 Å². The van der Waals surface area contributed by atoms with Crippen LogP contribution in [-0.2, 0) is 0 Å². The molecule has 0 aliphatic heterocycles. The standard InChI is InChI=1S/C66H47N3P/c1-44(70)45-33-35-59-64(42-45)69(54-26-12-5-13-27-54)65-43-60(56-29-14-15-31-58(56)66(59)65)50-38-48(46-19-18-28-55(40-46)67(51-20-6-2-7-21-51)52-22-8-3-9-23-52)37-49(39-50)47-34-36-63-61(41-47)57-30-16-17-32-62(57)68(63)53-24-10-4-11-25-53/h2-44,70H,1H3/q-1. The van der Waals surface area contributed by atoms with E-state index in [2.05, 4.69) is 285 Å². The van der Waals surface area contributed by atoms with Crippen molar-refractivity contribution in [3.8, 4) is 44.8 Å². The summed E-state index contributed by atoms with van der Waals surface area (Å²) in [5.74, 6) is 0. The van der Waals surface area contributed by atoms with Crippen LogP contribution in [0.15, 0.2) is 255 Å². The molecular formula is C66H47N3P-. The van der Waals surface area contributed by atoms with Crippen LogP contribution in [0.3, 0.4) is 0 Å². The van der Waals surface area contributed by atoms with Gasteiger partial charge in [0.15, 0.2) is 0 Å². The second-order valence-corrected chi connectivity index (χ2v) is 19.2. The highest BCUT2D eigenvalue weighted by atomic mass is 31.0. The molecule has 0 bridgehead atoms. The molecule has 4 heteroatoms. The molecule has 0 spiro atoms. The molecule has 11 aromatic carbocycles. The fraction of sp³-hybridized carbons (Fsp3) is 0.0303. The van der Waals surface area contributed by atoms with Crippen molar-refractivity contribution in [1.82, 2.24) is 9.13 Å². The third-order valence-electron chi connectivity index (χ3n) is 14.0. The summed E-state index contributed by atoms with van der Waals surface area (Å²) < 4.78 is 4.85. The van der Waals surface area contributed by atoms with Gasteiger partial charge in [0.1, 0.15) is 0 Å². The summed E-state index contributed by atoms with van der Waals surface area (Å²) in [6.07, 6.45) is 0. The maximum atomic E-state index is 3.95. The van der Waals surface area contributed by atoms with Gasteiger partial charge in [-0.1, -0.05) is 158 Å². The molecule has 70 heavy (non-hydrogen) atoms. The molecule has 0 saturated heterocycles. The highest BCUT2D eigenvalue weighted by Crippen LogP contribution is 2.45. The lowest BCUT2D eigenvalue weighted by atomic mass is 9.89. The maximum Gasteiger partial charge on any atom is 0.0553 e. The zero-order valence-electron chi connectivity index (χ0n) is 38.7. The summed E-state index contributed by atoms with van der Waals surface area (Å²) >= 11 is 0. The summed E-state index contributed by atoms with van der Waals surface area (Å²) in [6.45, 7) is 2.20. The number of rotatable bonds is 9. The van der Waals surface area contributed by atoms with Gasteiger partial charge in [0.2, 0.25) is 0 Å². The van der Waals surface area contributed by atoms with E-state index in [1.807, 2.05) is 0 Å². The van der Waals surface area contributed by atoms with Gasteiger partial charge in [0.25, 0.3) is 0 Å². The van der Waals surface area contributed by atoms with Gasteiger partial charge >= 0.3 is 0 Å². The lowest BCUT2D eigenvalue weighted by Crippen LogP contribution is -2.09. The number of fused-ring (bicyclic) bond motifs is 8. The number of hydrogen-bond acceptors (Lipinski definition) is 1. The smallest absolute Gasteiger partial charge is 0.0553 e. The quantitative estimate of drug-likeness (QED) is 0.132. The SMILES string of the molecule is CC([PH-])c1ccc2c3c4ccccc4c(-c4cc(-c5cccc(N(c6ccccc6)c6ccccc6)c5)cc(-c5ccc6c(c5)c5ccccc5n6-c5ccccc5)c4)cc3n(-c3ccccc3)c2c1. The Kier molecular flexibility index (Phi) is 10.3. The highest BCUT2D eigenvalue weighted by molar-refractivity contribution is 7.17. The van der Waals surface area contributed by atoms with Crippen LogP contribution in [0.25, 0.3) is 99.1 Å². The molecule has 2 heterocycles. The Balaban J connectivity index is 1.08. The molecule has 0 amide bonds. The summed E-state index contributed by atoms with van der Waals surface area (Å²) in [5.41, 5.74) is 18.7. The first-order chi connectivity index (χ1) is 34.6. The van der Waals surface area contributed by atoms with Gasteiger partial charge in [-0.3, -0.25) is 0 Å². The van der Waals surface area contributed by atoms with Crippen molar-refractivity contribution < 1.29 is 0 Å². The maximum absolute atomic E-state index is 3.95. The van der Waals surface area contributed by atoms with Gasteiger partial charge in [-0.05, 0) is 153 Å². The summed E-state index contributed by atoms with van der Waals surface area (Å²) in [7, 11) is 3.95. The van der Waals surface area contributed by atoms with Crippen molar-refractivity contribution in [3.05, 3.63) is 260 Å². The second-order valence-electron chi connectivity index (χ2n) is 18.3. The molecule has 0 saturated carbocycles. The number of nitrogens with zero attached hydrogens (tertiary/aromatic N) is 3. The van der Waals surface area contributed by atoms with Crippen LogP contribution in [0.2, 0.25) is 0 Å². The van der Waals surface area contributed by atoms with Gasteiger partial charge < -0.3 is 23.3 Å². The Hall–Kier alpha value is -8.49. The van der Waals surface area contributed by atoms with Crippen LogP contribution in [0.5, 0.6) is 0 Å². The van der Waals surface area contributed by atoms with E-state index in [1.54, 1.807) is 0 Å². The lowest BCUT2D eigenvalue weighted by Gasteiger charge is -2.26. The van der Waals surface area contributed by atoms with Crippen molar-refractivity contribution in [3.63, 3.8) is 0 Å². The highest BCUT2D eigenvalue weighted by Gasteiger charge is 2.21. The van der Waals surface area contributed by atoms with Crippen molar-refractivity contribution in [2.24, 2.45) is 0 Å². The van der Waals surface area contributed by atoms with E-state index in [4.69, 9.17) is 0 Å². The predicted molar refractivity (Wildman–Crippen MR) is 300 cm³/mol. The Bertz CT molecular complexity index is 4040. The second kappa shape index (κ2) is 17.2. The summed E-state index contributed by atoms with van der Waals surface area (Å²) in [4.78, 5) is 2.34. The van der Waals surface area contributed by atoms with Crippen molar-refractivity contribution in [2.45, 2.75) is 12.6 Å². The summed E-state index contributed by atoms with van der Waals surface area (Å²) in [5, 5.41) is 7.42. The van der Waals surface area contributed by atoms with Crippen LogP contribution in [0.1, 0.15) is 18.1 Å². The van der Waals surface area contributed by atoms with E-state index < -0.39 is 0 Å². The Morgan fingerprint density at radius 3 is 1.51 bits per heavy atom. The molecule has 0 aliphatic carbocycles. The molecular weight excluding hydrogens is 866 g/mol. The third-order valence-corrected chi connectivity index (χ3v) is 14.4. The number of benzene rings is 11. The fourth-order valence-electron chi connectivity index (χ4n) is 10.8. The van der Waals surface area contributed by atoms with Crippen LogP contribution in [0, 0.1) is 0 Å². The topological polar surface area (TPSA) is 13.1 Å². The number of para-hydroxylation sites is 5. The molecule has 13 rings (SSSR count). The molecule has 2 aromatic heterocycles. The fourth-order valence-corrected chi connectivity index (χ4v) is 11.0. The molecule has 332 valence electrons. The molecule has 3 nitrogen and oxygen atoms in total. The number of hydrogen-bond donors (Lipinski definition) is 0. The van der Waals surface area contributed by atoms with Crippen LogP contribution < -0.4 is 4.90 Å². The number of anilines is 3. The minimum Gasteiger partial charge on any atom is -0.550 e. The monoisotopic (exact) mass is 912 g/mol. The Morgan fingerprint density at radius 1 is 0.329 bits per heavy atom.